The number of furan rings is 1. The van der Waals surface area contributed by atoms with E-state index in [1.165, 1.54) is 11.1 Å². The third-order valence-corrected chi connectivity index (χ3v) is 6.60. The summed E-state index contributed by atoms with van der Waals surface area (Å²) in [4.78, 5) is 15.6. The Morgan fingerprint density at radius 3 is 2.81 bits per heavy atom. The second-order valence-corrected chi connectivity index (χ2v) is 9.57. The van der Waals surface area contributed by atoms with E-state index >= 15 is 0 Å². The standard InChI is InChI=1S/C24H33N5O3/c1-4-6-18-17-14-31-24(2,3)13-16(17)19-20-21(32-23(19)28-18)22(27-15-26-20)25-7-5-8-29-9-11-30-12-10-29/h15H,4-14H2,1-3H3,(H,25,26,27)/p+1. The Morgan fingerprint density at radius 2 is 2.00 bits per heavy atom. The van der Waals surface area contributed by atoms with E-state index in [4.69, 9.17) is 18.9 Å². The molecule has 0 unspecified atom stereocenters. The van der Waals surface area contributed by atoms with Crippen LogP contribution in [0.1, 0.15) is 50.4 Å². The van der Waals surface area contributed by atoms with Gasteiger partial charge in [-0.25, -0.2) is 15.0 Å². The lowest BCUT2D eigenvalue weighted by atomic mass is 9.88. The summed E-state index contributed by atoms with van der Waals surface area (Å²) in [7, 11) is 0. The number of hydrogen-bond donors (Lipinski definition) is 2. The van der Waals surface area contributed by atoms with Gasteiger partial charge in [0.25, 0.3) is 0 Å². The molecule has 1 fully saturated rings. The SMILES string of the molecule is CCCc1nc2oc3c(NCCC[NH+]4CCOCC4)ncnc3c2c2c1COC(C)(C)C2. The fraction of sp³-hybridized carbons (Fsp3) is 0.625. The Bertz CT molecular complexity index is 1100. The number of rotatable bonds is 7. The molecule has 5 rings (SSSR count). The van der Waals surface area contributed by atoms with Crippen LogP contribution in [0.3, 0.4) is 0 Å². The third-order valence-electron chi connectivity index (χ3n) is 6.60. The van der Waals surface area contributed by atoms with Gasteiger partial charge in [-0.1, -0.05) is 13.3 Å². The van der Waals surface area contributed by atoms with E-state index in [1.54, 1.807) is 11.2 Å². The predicted molar refractivity (Wildman–Crippen MR) is 123 cm³/mol. The molecule has 1 saturated heterocycles. The number of pyridine rings is 1. The van der Waals surface area contributed by atoms with Crippen LogP contribution in [0.2, 0.25) is 0 Å². The second-order valence-electron chi connectivity index (χ2n) is 9.57. The van der Waals surface area contributed by atoms with Gasteiger partial charge in [-0.15, -0.1) is 0 Å². The molecule has 0 atom stereocenters. The summed E-state index contributed by atoms with van der Waals surface area (Å²) in [5, 5.41) is 4.50. The summed E-state index contributed by atoms with van der Waals surface area (Å²) in [6.07, 6.45) is 5.47. The van der Waals surface area contributed by atoms with E-state index in [1.807, 2.05) is 0 Å². The number of ether oxygens (including phenoxy) is 2. The fourth-order valence-electron chi connectivity index (χ4n) is 4.90. The first-order chi connectivity index (χ1) is 15.6. The number of nitrogens with one attached hydrogen (secondary N) is 2. The molecule has 172 valence electrons. The van der Waals surface area contributed by atoms with E-state index in [0.717, 1.165) is 87.5 Å². The number of aryl methyl sites for hydroxylation is 1. The zero-order valence-electron chi connectivity index (χ0n) is 19.4. The second kappa shape index (κ2) is 8.92. The van der Waals surface area contributed by atoms with Crippen molar-refractivity contribution in [3.63, 3.8) is 0 Å². The van der Waals surface area contributed by atoms with Gasteiger partial charge in [0, 0.05) is 24.9 Å². The highest BCUT2D eigenvalue weighted by Crippen LogP contribution is 2.39. The first kappa shape index (κ1) is 21.6. The summed E-state index contributed by atoms with van der Waals surface area (Å²) in [6.45, 7) is 13.0. The van der Waals surface area contributed by atoms with E-state index in [-0.39, 0.29) is 5.60 Å². The topological polar surface area (TPSA) is 86.7 Å². The predicted octanol–water partition coefficient (Wildman–Crippen LogP) is 2.29. The molecule has 8 heteroatoms. The molecule has 0 radical (unpaired) electrons. The molecule has 5 heterocycles. The lowest BCUT2D eigenvalue weighted by Crippen LogP contribution is -3.14. The van der Waals surface area contributed by atoms with Crippen molar-refractivity contribution in [2.24, 2.45) is 0 Å². The molecule has 0 aliphatic carbocycles. The van der Waals surface area contributed by atoms with E-state index in [2.05, 4.69) is 36.1 Å². The number of nitrogens with zero attached hydrogens (tertiary/aromatic N) is 3. The molecule has 0 bridgehead atoms. The molecular weight excluding hydrogens is 406 g/mol. The molecule has 8 nitrogen and oxygen atoms in total. The lowest BCUT2D eigenvalue weighted by Gasteiger charge is -2.33. The summed E-state index contributed by atoms with van der Waals surface area (Å²) in [6, 6.07) is 0. The van der Waals surface area contributed by atoms with E-state index in [9.17, 15) is 0 Å². The Labute approximate surface area is 188 Å². The van der Waals surface area contributed by atoms with Gasteiger partial charge in [-0.05, 0) is 25.8 Å². The van der Waals surface area contributed by atoms with Crippen molar-refractivity contribution in [3.8, 4) is 0 Å². The van der Waals surface area contributed by atoms with Crippen molar-refractivity contribution in [2.45, 2.75) is 58.7 Å². The molecule has 2 aliphatic rings. The van der Waals surface area contributed by atoms with Crippen LogP contribution in [0.15, 0.2) is 10.7 Å². The Balaban J connectivity index is 1.45. The van der Waals surface area contributed by atoms with Crippen molar-refractivity contribution in [1.82, 2.24) is 15.0 Å². The van der Waals surface area contributed by atoms with Gasteiger partial charge in [-0.2, -0.15) is 0 Å². The molecule has 2 N–H and O–H groups in total. The maximum atomic E-state index is 6.29. The van der Waals surface area contributed by atoms with E-state index in [0.29, 0.717) is 17.9 Å². The summed E-state index contributed by atoms with van der Waals surface area (Å²) < 4.78 is 17.9. The highest BCUT2D eigenvalue weighted by molar-refractivity contribution is 6.06. The summed E-state index contributed by atoms with van der Waals surface area (Å²) >= 11 is 0. The van der Waals surface area contributed by atoms with Gasteiger partial charge >= 0.3 is 0 Å². The molecule has 32 heavy (non-hydrogen) atoms. The molecule has 0 saturated carbocycles. The van der Waals surface area contributed by atoms with Crippen LogP contribution in [0.4, 0.5) is 5.82 Å². The molecule has 3 aromatic heterocycles. The van der Waals surface area contributed by atoms with Crippen molar-refractivity contribution >= 4 is 28.0 Å². The fourth-order valence-corrected chi connectivity index (χ4v) is 4.90. The Hall–Kier alpha value is -2.29. The maximum Gasteiger partial charge on any atom is 0.229 e. The van der Waals surface area contributed by atoms with Crippen LogP contribution in [-0.2, 0) is 28.9 Å². The molecule has 0 aromatic carbocycles. The minimum absolute atomic E-state index is 0.218. The average molecular weight is 441 g/mol. The largest absolute Gasteiger partial charge is 0.432 e. The maximum absolute atomic E-state index is 6.29. The molecule has 0 spiro atoms. The van der Waals surface area contributed by atoms with Gasteiger partial charge in [0.15, 0.2) is 11.4 Å². The number of morpholine rings is 1. The summed E-state index contributed by atoms with van der Waals surface area (Å²) in [5.74, 6) is 0.752. The smallest absolute Gasteiger partial charge is 0.229 e. The van der Waals surface area contributed by atoms with Gasteiger partial charge < -0.3 is 24.1 Å². The van der Waals surface area contributed by atoms with Gasteiger partial charge in [0.05, 0.1) is 43.0 Å². The first-order valence-electron chi connectivity index (χ1n) is 11.9. The number of anilines is 1. The van der Waals surface area contributed by atoms with Crippen LogP contribution in [0.25, 0.3) is 22.2 Å². The molecule has 0 amide bonds. The Kier molecular flexibility index (Phi) is 6.01. The van der Waals surface area contributed by atoms with Gasteiger partial charge in [-0.3, -0.25) is 0 Å². The van der Waals surface area contributed by atoms with Crippen LogP contribution >= 0.6 is 0 Å². The Morgan fingerprint density at radius 1 is 1.16 bits per heavy atom. The van der Waals surface area contributed by atoms with Crippen LogP contribution in [0, 0.1) is 0 Å². The summed E-state index contributed by atoms with van der Waals surface area (Å²) in [5.41, 5.74) is 5.57. The van der Waals surface area contributed by atoms with Crippen molar-refractivity contribution < 1.29 is 18.8 Å². The quantitative estimate of drug-likeness (QED) is 0.545. The van der Waals surface area contributed by atoms with E-state index < -0.39 is 0 Å². The van der Waals surface area contributed by atoms with Crippen LogP contribution < -0.4 is 10.2 Å². The van der Waals surface area contributed by atoms with Gasteiger partial charge in [0.2, 0.25) is 5.71 Å². The highest BCUT2D eigenvalue weighted by Gasteiger charge is 2.32. The van der Waals surface area contributed by atoms with Crippen molar-refractivity contribution in [2.75, 3.05) is 44.7 Å². The molecule has 2 aliphatic heterocycles. The molecule has 3 aromatic rings. The zero-order chi connectivity index (χ0) is 22.1. The van der Waals surface area contributed by atoms with Crippen molar-refractivity contribution in [1.29, 1.82) is 0 Å². The number of aromatic nitrogens is 3. The molecular formula is C24H34N5O3+. The minimum atomic E-state index is -0.218. The minimum Gasteiger partial charge on any atom is -0.432 e. The van der Waals surface area contributed by atoms with Crippen molar-refractivity contribution in [3.05, 3.63) is 23.1 Å². The zero-order valence-corrected chi connectivity index (χ0v) is 19.4. The first-order valence-corrected chi connectivity index (χ1v) is 11.9. The number of fused-ring (bicyclic) bond motifs is 5. The number of hydrogen-bond acceptors (Lipinski definition) is 7. The average Bonchev–Trinajstić information content (AvgIpc) is 3.16. The van der Waals surface area contributed by atoms with Crippen LogP contribution in [0.5, 0.6) is 0 Å². The van der Waals surface area contributed by atoms with Gasteiger partial charge in [0.1, 0.15) is 24.9 Å². The van der Waals surface area contributed by atoms with Crippen LogP contribution in [-0.4, -0.2) is 59.9 Å². The highest BCUT2D eigenvalue weighted by atomic mass is 16.5. The lowest BCUT2D eigenvalue weighted by molar-refractivity contribution is -0.908. The normalized spacial score (nSPS) is 18.8. The monoisotopic (exact) mass is 440 g/mol. The third kappa shape index (κ3) is 4.19. The number of quaternary nitrogens is 1.